The van der Waals surface area contributed by atoms with Crippen molar-refractivity contribution in [1.82, 2.24) is 15.0 Å². The lowest BCUT2D eigenvalue weighted by Gasteiger charge is -2.22. The van der Waals surface area contributed by atoms with Crippen molar-refractivity contribution < 1.29 is 18.5 Å². The molecule has 0 bridgehead atoms. The Hall–Kier alpha value is -3.07. The number of amides is 2. The van der Waals surface area contributed by atoms with Crippen LogP contribution in [-0.4, -0.2) is 37.9 Å². The van der Waals surface area contributed by atoms with Gasteiger partial charge < -0.3 is 19.2 Å². The molecule has 3 aromatic rings. The molecular weight excluding hydrogens is 392 g/mol. The van der Waals surface area contributed by atoms with Crippen LogP contribution in [-0.2, 0) is 22.7 Å². The maximum Gasteiger partial charge on any atom is 0.238 e. The number of carbonyl (C=O) groups is 2. The molecule has 8 nitrogen and oxygen atoms in total. The van der Waals surface area contributed by atoms with Crippen molar-refractivity contribution in [1.29, 1.82) is 0 Å². The normalized spacial score (nSPS) is 11.8. The van der Waals surface area contributed by atoms with Gasteiger partial charge in [0, 0.05) is 25.0 Å². The minimum Gasteiger partial charge on any atom is -0.467 e. The predicted octanol–water partition coefficient (Wildman–Crippen LogP) is 3.26. The maximum absolute atomic E-state index is 12.8. The Morgan fingerprint density at radius 3 is 2.79 bits per heavy atom. The van der Waals surface area contributed by atoms with Gasteiger partial charge in [0.15, 0.2) is 5.82 Å². The molecule has 9 heteroatoms. The van der Waals surface area contributed by atoms with Crippen LogP contribution in [0.15, 0.2) is 57.9 Å². The lowest BCUT2D eigenvalue weighted by molar-refractivity contribution is -0.129. The molecule has 152 valence electrons. The molecule has 3 heterocycles. The summed E-state index contributed by atoms with van der Waals surface area (Å²) in [7, 11) is 0. The molecule has 1 N–H and O–H groups in total. The molecule has 3 aromatic heterocycles. The Morgan fingerprint density at radius 1 is 1.28 bits per heavy atom. The average molecular weight is 414 g/mol. The van der Waals surface area contributed by atoms with Gasteiger partial charge in [0.2, 0.25) is 11.8 Å². The van der Waals surface area contributed by atoms with E-state index in [4.69, 9.17) is 8.94 Å². The zero-order valence-electron chi connectivity index (χ0n) is 16.2. The first-order valence-corrected chi connectivity index (χ1v) is 10.1. The molecule has 0 saturated heterocycles. The Morgan fingerprint density at radius 2 is 2.14 bits per heavy atom. The van der Waals surface area contributed by atoms with Crippen molar-refractivity contribution in [2.24, 2.45) is 0 Å². The average Bonchev–Trinajstić information content (AvgIpc) is 3.37. The number of pyridine rings is 1. The summed E-state index contributed by atoms with van der Waals surface area (Å²) in [6.07, 6.45) is 5.00. The second kappa shape index (κ2) is 9.92. The van der Waals surface area contributed by atoms with Gasteiger partial charge in [-0.1, -0.05) is 11.2 Å². The van der Waals surface area contributed by atoms with Gasteiger partial charge in [-0.3, -0.25) is 14.6 Å². The molecule has 0 aliphatic heterocycles. The number of aryl methyl sites for hydroxylation is 1. The highest BCUT2D eigenvalue weighted by Gasteiger charge is 2.21. The number of carbonyl (C=O) groups excluding carboxylic acids is 2. The summed E-state index contributed by atoms with van der Waals surface area (Å²) in [4.78, 5) is 30.9. The van der Waals surface area contributed by atoms with E-state index in [2.05, 4.69) is 15.5 Å². The Balaban J connectivity index is 1.57. The fourth-order valence-electron chi connectivity index (χ4n) is 2.55. The van der Waals surface area contributed by atoms with Crippen LogP contribution in [0, 0.1) is 6.92 Å². The fraction of sp³-hybridized carbons (Fsp3) is 0.300. The summed E-state index contributed by atoms with van der Waals surface area (Å²) >= 11 is 1.26. The molecule has 29 heavy (non-hydrogen) atoms. The van der Waals surface area contributed by atoms with Gasteiger partial charge in [-0.05, 0) is 37.6 Å². The maximum atomic E-state index is 12.8. The summed E-state index contributed by atoms with van der Waals surface area (Å²) in [5.41, 5.74) is 0.921. The van der Waals surface area contributed by atoms with E-state index in [9.17, 15) is 9.59 Å². The smallest absolute Gasteiger partial charge is 0.238 e. The number of furan rings is 1. The Kier molecular flexibility index (Phi) is 7.07. The first-order valence-electron chi connectivity index (χ1n) is 9.06. The highest BCUT2D eigenvalue weighted by atomic mass is 32.2. The van der Waals surface area contributed by atoms with E-state index < -0.39 is 5.25 Å². The molecule has 0 saturated carbocycles. The number of hydrogen-bond donors (Lipinski definition) is 1. The summed E-state index contributed by atoms with van der Waals surface area (Å²) in [5, 5.41) is 5.99. The van der Waals surface area contributed by atoms with E-state index in [1.807, 2.05) is 18.2 Å². The minimum absolute atomic E-state index is 0.0906. The minimum atomic E-state index is -0.431. The number of rotatable bonds is 9. The van der Waals surface area contributed by atoms with Gasteiger partial charge in [-0.25, -0.2) is 0 Å². The largest absolute Gasteiger partial charge is 0.467 e. The summed E-state index contributed by atoms with van der Waals surface area (Å²) in [6.45, 7) is 4.25. The van der Waals surface area contributed by atoms with Crippen LogP contribution in [0.5, 0.6) is 0 Å². The third kappa shape index (κ3) is 6.21. The second-order valence-corrected chi connectivity index (χ2v) is 7.78. The molecule has 2 amide bonds. The van der Waals surface area contributed by atoms with E-state index in [0.29, 0.717) is 30.4 Å². The van der Waals surface area contributed by atoms with Gasteiger partial charge in [0.25, 0.3) is 0 Å². The van der Waals surface area contributed by atoms with Crippen molar-refractivity contribution in [3.8, 4) is 0 Å². The molecule has 0 aliphatic carbocycles. The number of nitrogens with one attached hydrogen (secondary N) is 1. The molecular formula is C20H22N4O4S. The molecule has 0 spiro atoms. The summed E-state index contributed by atoms with van der Waals surface area (Å²) in [6, 6.07) is 9.00. The van der Waals surface area contributed by atoms with Gasteiger partial charge in [-0.15, -0.1) is 11.8 Å². The molecule has 0 aliphatic rings. The van der Waals surface area contributed by atoms with Gasteiger partial charge in [-0.2, -0.15) is 0 Å². The van der Waals surface area contributed by atoms with Crippen molar-refractivity contribution in [2.75, 3.05) is 11.1 Å². The van der Waals surface area contributed by atoms with E-state index >= 15 is 0 Å². The molecule has 1 atom stereocenters. The van der Waals surface area contributed by atoms with E-state index in [-0.39, 0.29) is 17.6 Å². The molecule has 0 fully saturated rings. The zero-order valence-corrected chi connectivity index (χ0v) is 17.0. The van der Waals surface area contributed by atoms with Crippen LogP contribution < -0.4 is 5.32 Å². The van der Waals surface area contributed by atoms with Crippen molar-refractivity contribution in [2.45, 2.75) is 32.2 Å². The first kappa shape index (κ1) is 20.7. The van der Waals surface area contributed by atoms with Crippen molar-refractivity contribution >= 4 is 29.4 Å². The Bertz CT molecular complexity index is 927. The van der Waals surface area contributed by atoms with Gasteiger partial charge >= 0.3 is 0 Å². The van der Waals surface area contributed by atoms with E-state index in [0.717, 1.165) is 5.56 Å². The Labute approximate surface area is 172 Å². The predicted molar refractivity (Wildman–Crippen MR) is 109 cm³/mol. The highest BCUT2D eigenvalue weighted by molar-refractivity contribution is 8.01. The summed E-state index contributed by atoms with van der Waals surface area (Å²) in [5.74, 6) is 1.50. The van der Waals surface area contributed by atoms with Crippen LogP contribution in [0.2, 0.25) is 0 Å². The third-order valence-corrected chi connectivity index (χ3v) is 5.21. The second-order valence-electron chi connectivity index (χ2n) is 6.46. The van der Waals surface area contributed by atoms with Crippen LogP contribution in [0.1, 0.15) is 24.0 Å². The molecule has 3 rings (SSSR count). The quantitative estimate of drug-likeness (QED) is 0.573. The van der Waals surface area contributed by atoms with Crippen LogP contribution in [0.4, 0.5) is 5.82 Å². The molecule has 0 radical (unpaired) electrons. The number of thioether (sulfide) groups is 1. The molecule has 0 aromatic carbocycles. The standard InChI is InChI=1S/C20H22N4O4S/c1-14-9-18(23-28-14)22-20(26)15(2)29-13-19(25)24(12-17-6-4-8-27-17)11-16-5-3-7-21-10-16/h3-10,15H,11-13H2,1-2H3,(H,22,23,26). The van der Waals surface area contributed by atoms with Crippen LogP contribution >= 0.6 is 11.8 Å². The lowest BCUT2D eigenvalue weighted by Crippen LogP contribution is -2.33. The first-order chi connectivity index (χ1) is 14.0. The number of nitrogens with zero attached hydrogens (tertiary/aromatic N) is 3. The fourth-order valence-corrected chi connectivity index (χ4v) is 3.34. The van der Waals surface area contributed by atoms with Crippen LogP contribution in [0.25, 0.3) is 0 Å². The van der Waals surface area contributed by atoms with Crippen molar-refractivity contribution in [3.05, 3.63) is 66.1 Å². The number of hydrogen-bond acceptors (Lipinski definition) is 7. The van der Waals surface area contributed by atoms with Gasteiger partial charge in [0.1, 0.15) is 11.5 Å². The zero-order chi connectivity index (χ0) is 20.6. The van der Waals surface area contributed by atoms with Crippen molar-refractivity contribution in [3.63, 3.8) is 0 Å². The topological polar surface area (TPSA) is 101 Å². The number of aromatic nitrogens is 2. The SMILES string of the molecule is Cc1cc(NC(=O)C(C)SCC(=O)N(Cc2cccnc2)Cc2ccco2)no1. The highest BCUT2D eigenvalue weighted by Crippen LogP contribution is 2.17. The monoisotopic (exact) mass is 414 g/mol. The molecule has 1 unspecified atom stereocenters. The third-order valence-electron chi connectivity index (χ3n) is 4.08. The lowest BCUT2D eigenvalue weighted by atomic mass is 10.2. The number of anilines is 1. The van der Waals surface area contributed by atoms with E-state index in [1.54, 1.807) is 49.5 Å². The summed E-state index contributed by atoms with van der Waals surface area (Å²) < 4.78 is 10.3. The van der Waals surface area contributed by atoms with Gasteiger partial charge in [0.05, 0.1) is 23.8 Å². The van der Waals surface area contributed by atoms with E-state index in [1.165, 1.54) is 11.8 Å². The van der Waals surface area contributed by atoms with Crippen LogP contribution in [0.3, 0.4) is 0 Å².